The summed E-state index contributed by atoms with van der Waals surface area (Å²) in [7, 11) is 0. The number of hydrogen-bond acceptors (Lipinski definition) is 6. The number of fused-ring (bicyclic) bond motifs is 1. The molecule has 1 fully saturated rings. The van der Waals surface area contributed by atoms with E-state index < -0.39 is 0 Å². The smallest absolute Gasteiger partial charge is 0.277 e. The second-order valence-electron chi connectivity index (χ2n) is 8.43. The lowest BCUT2D eigenvalue weighted by Gasteiger charge is -2.34. The van der Waals surface area contributed by atoms with Gasteiger partial charge in [0, 0.05) is 24.5 Å². The molecule has 1 saturated heterocycles. The van der Waals surface area contributed by atoms with E-state index in [1.165, 1.54) is 16.2 Å². The molecule has 5 rings (SSSR count). The molecule has 1 unspecified atom stereocenters. The largest absolute Gasteiger partial charge is 0.355 e. The van der Waals surface area contributed by atoms with Crippen LogP contribution in [0.1, 0.15) is 23.3 Å². The van der Waals surface area contributed by atoms with Gasteiger partial charge in [-0.2, -0.15) is 0 Å². The summed E-state index contributed by atoms with van der Waals surface area (Å²) in [5, 5.41) is 7.07. The highest BCUT2D eigenvalue weighted by Gasteiger charge is 2.29. The molecule has 3 aromatic heterocycles. The Kier molecular flexibility index (Phi) is 6.28. The van der Waals surface area contributed by atoms with Gasteiger partial charge in [-0.1, -0.05) is 23.8 Å². The topological polar surface area (TPSA) is 67.2 Å². The molecule has 4 heterocycles. The number of amides is 1. The van der Waals surface area contributed by atoms with Crippen LogP contribution in [0.2, 0.25) is 0 Å². The SMILES string of the molecule is Cc1ccc(-n2c(N3CCCC(C(=O)NCCc4cccs4)C3)nc3ccsc3c2=O)cc1. The molecule has 1 N–H and O–H groups in total. The summed E-state index contributed by atoms with van der Waals surface area (Å²) in [5.41, 5.74) is 2.59. The molecule has 1 atom stereocenters. The van der Waals surface area contributed by atoms with Gasteiger partial charge in [0.2, 0.25) is 11.9 Å². The van der Waals surface area contributed by atoms with Gasteiger partial charge in [0.1, 0.15) is 4.70 Å². The van der Waals surface area contributed by atoms with Gasteiger partial charge in [0.15, 0.2) is 0 Å². The Labute approximate surface area is 200 Å². The third-order valence-corrected chi connectivity index (χ3v) is 7.91. The number of nitrogens with one attached hydrogen (secondary N) is 1. The van der Waals surface area contributed by atoms with Crippen LogP contribution < -0.4 is 15.8 Å². The predicted octanol–water partition coefficient (Wildman–Crippen LogP) is 4.39. The first-order valence-corrected chi connectivity index (χ1v) is 13.0. The van der Waals surface area contributed by atoms with Crippen molar-refractivity contribution in [2.45, 2.75) is 26.2 Å². The molecule has 4 aromatic rings. The monoisotopic (exact) mass is 478 g/mol. The van der Waals surface area contributed by atoms with Crippen LogP contribution in [0.5, 0.6) is 0 Å². The number of nitrogens with zero attached hydrogens (tertiary/aromatic N) is 3. The summed E-state index contributed by atoms with van der Waals surface area (Å²) in [4.78, 5) is 34.6. The quantitative estimate of drug-likeness (QED) is 0.446. The van der Waals surface area contributed by atoms with Crippen molar-refractivity contribution in [2.24, 2.45) is 5.92 Å². The minimum absolute atomic E-state index is 0.0589. The Morgan fingerprint density at radius 3 is 2.79 bits per heavy atom. The van der Waals surface area contributed by atoms with Crippen molar-refractivity contribution in [1.82, 2.24) is 14.9 Å². The zero-order valence-electron chi connectivity index (χ0n) is 18.5. The molecule has 8 heteroatoms. The average molecular weight is 479 g/mol. The van der Waals surface area contributed by atoms with Gasteiger partial charge in [-0.15, -0.1) is 22.7 Å². The number of thiophene rings is 2. The molecular formula is C25H26N4O2S2. The van der Waals surface area contributed by atoms with E-state index in [1.807, 2.05) is 48.7 Å². The Bertz CT molecular complexity index is 1310. The fourth-order valence-electron chi connectivity index (χ4n) is 4.32. The van der Waals surface area contributed by atoms with Crippen LogP contribution in [0.4, 0.5) is 5.95 Å². The van der Waals surface area contributed by atoms with Gasteiger partial charge >= 0.3 is 0 Å². The van der Waals surface area contributed by atoms with Crippen molar-refractivity contribution in [3.05, 3.63) is 74.0 Å². The highest BCUT2D eigenvalue weighted by molar-refractivity contribution is 7.17. The normalized spacial score (nSPS) is 16.3. The van der Waals surface area contributed by atoms with E-state index in [4.69, 9.17) is 4.98 Å². The molecule has 6 nitrogen and oxygen atoms in total. The number of anilines is 1. The Morgan fingerprint density at radius 2 is 2.00 bits per heavy atom. The molecule has 1 aliphatic heterocycles. The summed E-state index contributed by atoms with van der Waals surface area (Å²) in [6.45, 7) is 4.00. The molecule has 0 radical (unpaired) electrons. The Morgan fingerprint density at radius 1 is 1.15 bits per heavy atom. The van der Waals surface area contributed by atoms with Crippen LogP contribution in [0.25, 0.3) is 15.9 Å². The second kappa shape index (κ2) is 9.49. The van der Waals surface area contributed by atoms with Crippen molar-refractivity contribution in [2.75, 3.05) is 24.5 Å². The van der Waals surface area contributed by atoms with Crippen molar-refractivity contribution in [1.29, 1.82) is 0 Å². The fraction of sp³-hybridized carbons (Fsp3) is 0.320. The maximum Gasteiger partial charge on any atom is 0.277 e. The lowest BCUT2D eigenvalue weighted by molar-refractivity contribution is -0.125. The fourth-order valence-corrected chi connectivity index (χ4v) is 5.79. The molecular weight excluding hydrogens is 452 g/mol. The number of hydrogen-bond donors (Lipinski definition) is 1. The Balaban J connectivity index is 1.41. The van der Waals surface area contributed by atoms with Gasteiger partial charge in [-0.05, 0) is 61.2 Å². The van der Waals surface area contributed by atoms with E-state index in [9.17, 15) is 9.59 Å². The predicted molar refractivity (Wildman–Crippen MR) is 136 cm³/mol. The average Bonchev–Trinajstić information content (AvgIpc) is 3.52. The van der Waals surface area contributed by atoms with E-state index in [-0.39, 0.29) is 17.4 Å². The number of carbonyl (C=O) groups excluding carboxylic acids is 1. The molecule has 1 aromatic carbocycles. The number of aryl methyl sites for hydroxylation is 1. The van der Waals surface area contributed by atoms with E-state index in [0.29, 0.717) is 29.3 Å². The van der Waals surface area contributed by atoms with Crippen molar-refractivity contribution in [3.63, 3.8) is 0 Å². The number of rotatable bonds is 6. The number of carbonyl (C=O) groups is 1. The number of piperidine rings is 1. The van der Waals surface area contributed by atoms with Crippen LogP contribution in [-0.4, -0.2) is 35.1 Å². The standard InChI is InChI=1S/C25H26N4O2S2/c1-17-6-8-19(9-7-17)29-24(31)22-21(11-15-33-22)27-25(29)28-13-2-4-18(16-28)23(30)26-12-10-20-5-3-14-32-20/h3,5-9,11,14-15,18H,2,4,10,12-13,16H2,1H3,(H,26,30). The minimum atomic E-state index is -0.122. The van der Waals surface area contributed by atoms with E-state index >= 15 is 0 Å². The minimum Gasteiger partial charge on any atom is -0.355 e. The molecule has 0 saturated carbocycles. The summed E-state index contributed by atoms with van der Waals surface area (Å²) in [6, 6.07) is 13.9. The highest BCUT2D eigenvalue weighted by Crippen LogP contribution is 2.26. The number of benzene rings is 1. The first-order valence-electron chi connectivity index (χ1n) is 11.2. The summed E-state index contributed by atoms with van der Waals surface area (Å²) < 4.78 is 2.36. The van der Waals surface area contributed by atoms with Crippen LogP contribution >= 0.6 is 22.7 Å². The molecule has 33 heavy (non-hydrogen) atoms. The van der Waals surface area contributed by atoms with Crippen LogP contribution in [0.15, 0.2) is 58.0 Å². The Hall–Kier alpha value is -2.97. The lowest BCUT2D eigenvalue weighted by atomic mass is 9.97. The third kappa shape index (κ3) is 4.58. The van der Waals surface area contributed by atoms with E-state index in [1.54, 1.807) is 15.9 Å². The summed E-state index contributed by atoms with van der Waals surface area (Å²) in [6.07, 6.45) is 2.58. The first-order chi connectivity index (χ1) is 16.1. The summed E-state index contributed by atoms with van der Waals surface area (Å²) in [5.74, 6) is 0.576. The van der Waals surface area contributed by atoms with Crippen molar-refractivity contribution < 1.29 is 4.79 Å². The van der Waals surface area contributed by atoms with Gasteiger partial charge in [0.25, 0.3) is 5.56 Å². The molecule has 0 bridgehead atoms. The number of aromatic nitrogens is 2. The third-order valence-electron chi connectivity index (χ3n) is 6.08. The van der Waals surface area contributed by atoms with Crippen molar-refractivity contribution >= 4 is 44.7 Å². The molecule has 0 spiro atoms. The zero-order chi connectivity index (χ0) is 22.8. The molecule has 170 valence electrons. The van der Waals surface area contributed by atoms with Gasteiger partial charge in [-0.3, -0.25) is 9.59 Å². The zero-order valence-corrected chi connectivity index (χ0v) is 20.1. The molecule has 1 aliphatic rings. The van der Waals surface area contributed by atoms with E-state index in [2.05, 4.69) is 21.7 Å². The molecule has 1 amide bonds. The highest BCUT2D eigenvalue weighted by atomic mass is 32.1. The maximum absolute atomic E-state index is 13.4. The van der Waals surface area contributed by atoms with Crippen LogP contribution in [0.3, 0.4) is 0 Å². The van der Waals surface area contributed by atoms with Crippen LogP contribution in [0, 0.1) is 12.8 Å². The molecule has 0 aliphatic carbocycles. The van der Waals surface area contributed by atoms with Crippen molar-refractivity contribution in [3.8, 4) is 5.69 Å². The first kappa shape index (κ1) is 21.9. The summed E-state index contributed by atoms with van der Waals surface area (Å²) >= 11 is 3.13. The van der Waals surface area contributed by atoms with E-state index in [0.717, 1.165) is 37.1 Å². The second-order valence-corrected chi connectivity index (χ2v) is 10.4. The van der Waals surface area contributed by atoms with Gasteiger partial charge in [0.05, 0.1) is 17.1 Å². The van der Waals surface area contributed by atoms with Crippen LogP contribution in [-0.2, 0) is 11.2 Å². The lowest BCUT2D eigenvalue weighted by Crippen LogP contribution is -2.45. The van der Waals surface area contributed by atoms with Gasteiger partial charge in [-0.25, -0.2) is 9.55 Å². The van der Waals surface area contributed by atoms with Gasteiger partial charge < -0.3 is 10.2 Å². The maximum atomic E-state index is 13.4.